The van der Waals surface area contributed by atoms with E-state index in [-0.39, 0.29) is 5.82 Å². The van der Waals surface area contributed by atoms with Crippen LogP contribution in [0.2, 0.25) is 0 Å². The van der Waals surface area contributed by atoms with Crippen molar-refractivity contribution in [2.45, 2.75) is 37.4 Å². The van der Waals surface area contributed by atoms with E-state index in [0.29, 0.717) is 0 Å². The van der Waals surface area contributed by atoms with Crippen LogP contribution in [0.4, 0.5) is 5.82 Å². The maximum Gasteiger partial charge on any atom is 0.351 e. The number of ether oxygens (including phenoxy) is 1. The molecule has 2 rings (SSSR count). The highest BCUT2D eigenvalue weighted by molar-refractivity contribution is 5.24. The second kappa shape index (κ2) is 4.27. The minimum absolute atomic E-state index is 0.0443. The summed E-state index contributed by atoms with van der Waals surface area (Å²) in [6.45, 7) is 2.38. The van der Waals surface area contributed by atoms with Crippen LogP contribution >= 0.6 is 0 Å². The number of nitrogen functional groups attached to an aromatic ring is 1. The molecule has 1 aromatic heterocycles. The van der Waals surface area contributed by atoms with Crippen LogP contribution in [-0.4, -0.2) is 49.3 Å². The Morgan fingerprint density at radius 3 is 2.58 bits per heavy atom. The molecule has 5 N–H and O–H groups in total. The monoisotopic (exact) mass is 271 g/mol. The Bertz CT molecular complexity index is 547. The zero-order chi connectivity index (χ0) is 14.4. The molecule has 19 heavy (non-hydrogen) atoms. The van der Waals surface area contributed by atoms with E-state index in [9.17, 15) is 20.1 Å². The number of hydrogen-bond donors (Lipinski definition) is 4. The Morgan fingerprint density at radius 2 is 2.11 bits per heavy atom. The van der Waals surface area contributed by atoms with Crippen LogP contribution in [-0.2, 0) is 10.5 Å². The quantitative estimate of drug-likeness (QED) is 0.489. The molecule has 106 valence electrons. The minimum Gasteiger partial charge on any atom is -0.393 e. The van der Waals surface area contributed by atoms with Crippen LogP contribution in [0, 0.1) is 0 Å². The van der Waals surface area contributed by atoms with Gasteiger partial charge in [-0.25, -0.2) is 4.79 Å². The van der Waals surface area contributed by atoms with Crippen LogP contribution in [0.25, 0.3) is 0 Å². The molecule has 0 aliphatic carbocycles. The average molecular weight is 271 g/mol. The van der Waals surface area contributed by atoms with Crippen molar-refractivity contribution in [1.82, 2.24) is 9.55 Å². The SMILES string of the molecule is CC1(CO)OC(C)(n2ccc(N)nc2=O)C(O)C1O. The second-order valence-electron chi connectivity index (χ2n) is 5.02. The van der Waals surface area contributed by atoms with E-state index in [1.807, 2.05) is 0 Å². The number of hydrogen-bond acceptors (Lipinski definition) is 7. The molecule has 8 nitrogen and oxygen atoms in total. The van der Waals surface area contributed by atoms with Crippen molar-refractivity contribution < 1.29 is 20.1 Å². The Balaban J connectivity index is 2.52. The topological polar surface area (TPSA) is 131 Å². The molecule has 0 aromatic carbocycles. The molecule has 1 aliphatic rings. The Morgan fingerprint density at radius 1 is 1.47 bits per heavy atom. The molecule has 0 bridgehead atoms. The molecule has 0 amide bonds. The van der Waals surface area contributed by atoms with Gasteiger partial charge in [-0.1, -0.05) is 0 Å². The normalized spacial score (nSPS) is 38.6. The molecule has 1 fully saturated rings. The van der Waals surface area contributed by atoms with Gasteiger partial charge >= 0.3 is 5.69 Å². The van der Waals surface area contributed by atoms with E-state index >= 15 is 0 Å². The third-order valence-corrected chi connectivity index (χ3v) is 3.53. The first-order valence-electron chi connectivity index (χ1n) is 5.77. The Kier molecular flexibility index (Phi) is 3.13. The molecule has 4 unspecified atom stereocenters. The molecule has 2 heterocycles. The Hall–Kier alpha value is -1.48. The van der Waals surface area contributed by atoms with E-state index in [4.69, 9.17) is 10.5 Å². The number of nitrogens with zero attached hydrogens (tertiary/aromatic N) is 2. The van der Waals surface area contributed by atoms with Gasteiger partial charge in [-0.05, 0) is 19.9 Å². The van der Waals surface area contributed by atoms with Crippen molar-refractivity contribution in [3.05, 3.63) is 22.7 Å². The lowest BCUT2D eigenvalue weighted by atomic mass is 9.96. The van der Waals surface area contributed by atoms with Crippen molar-refractivity contribution in [2.24, 2.45) is 0 Å². The summed E-state index contributed by atoms with van der Waals surface area (Å²) in [5, 5.41) is 29.4. The van der Waals surface area contributed by atoms with Gasteiger partial charge in [-0.15, -0.1) is 0 Å². The number of aliphatic hydroxyl groups is 3. The summed E-state index contributed by atoms with van der Waals surface area (Å²) in [6, 6.07) is 1.38. The maximum absolute atomic E-state index is 11.8. The zero-order valence-corrected chi connectivity index (χ0v) is 10.6. The number of aliphatic hydroxyl groups excluding tert-OH is 3. The first-order valence-corrected chi connectivity index (χ1v) is 5.77. The highest BCUT2D eigenvalue weighted by Gasteiger charge is 2.58. The van der Waals surface area contributed by atoms with Crippen molar-refractivity contribution in [3.8, 4) is 0 Å². The lowest BCUT2D eigenvalue weighted by Gasteiger charge is -2.31. The minimum atomic E-state index is -1.53. The van der Waals surface area contributed by atoms with Gasteiger partial charge in [0, 0.05) is 6.20 Å². The van der Waals surface area contributed by atoms with Gasteiger partial charge in [-0.2, -0.15) is 4.98 Å². The van der Waals surface area contributed by atoms with E-state index < -0.39 is 35.8 Å². The summed E-state index contributed by atoms with van der Waals surface area (Å²) >= 11 is 0. The molecule has 0 spiro atoms. The summed E-state index contributed by atoms with van der Waals surface area (Å²) in [6.07, 6.45) is -1.41. The van der Waals surface area contributed by atoms with Gasteiger partial charge in [-0.3, -0.25) is 4.57 Å². The van der Waals surface area contributed by atoms with Gasteiger partial charge in [0.15, 0.2) is 5.72 Å². The molecular weight excluding hydrogens is 254 g/mol. The van der Waals surface area contributed by atoms with E-state index in [1.165, 1.54) is 26.1 Å². The van der Waals surface area contributed by atoms with Crippen molar-refractivity contribution in [3.63, 3.8) is 0 Å². The van der Waals surface area contributed by atoms with Gasteiger partial charge in [0.25, 0.3) is 0 Å². The van der Waals surface area contributed by atoms with Crippen LogP contribution in [0.1, 0.15) is 13.8 Å². The highest BCUT2D eigenvalue weighted by atomic mass is 16.6. The fraction of sp³-hybridized carbons (Fsp3) is 0.636. The van der Waals surface area contributed by atoms with Crippen LogP contribution in [0.15, 0.2) is 17.1 Å². The Labute approximate surface area is 109 Å². The summed E-state index contributed by atoms with van der Waals surface area (Å²) in [5.74, 6) is 0.0443. The van der Waals surface area contributed by atoms with Crippen LogP contribution in [0.3, 0.4) is 0 Å². The highest BCUT2D eigenvalue weighted by Crippen LogP contribution is 2.40. The number of aromatic nitrogens is 2. The van der Waals surface area contributed by atoms with E-state index in [2.05, 4.69) is 4.98 Å². The largest absolute Gasteiger partial charge is 0.393 e. The summed E-state index contributed by atoms with van der Waals surface area (Å²) in [7, 11) is 0. The lowest BCUT2D eigenvalue weighted by Crippen LogP contribution is -2.48. The zero-order valence-electron chi connectivity index (χ0n) is 10.6. The smallest absolute Gasteiger partial charge is 0.351 e. The standard InChI is InChI=1S/C11H17N3O5/c1-10(5-15)7(16)8(17)11(2,19-10)14-4-3-6(12)13-9(14)18/h3-4,7-8,15-17H,5H2,1-2H3,(H2,12,13,18). The second-order valence-corrected chi connectivity index (χ2v) is 5.02. The molecule has 0 radical (unpaired) electrons. The average Bonchev–Trinajstić information content (AvgIpc) is 2.52. The molecule has 8 heteroatoms. The molecule has 1 saturated heterocycles. The first kappa shape index (κ1) is 13.9. The fourth-order valence-corrected chi connectivity index (χ4v) is 2.29. The third-order valence-electron chi connectivity index (χ3n) is 3.53. The summed E-state index contributed by atoms with van der Waals surface area (Å²) in [5.41, 5.74) is 1.78. The van der Waals surface area contributed by atoms with Gasteiger partial charge in [0.05, 0.1) is 6.61 Å². The number of anilines is 1. The van der Waals surface area contributed by atoms with Crippen LogP contribution < -0.4 is 11.4 Å². The van der Waals surface area contributed by atoms with Gasteiger partial charge in [0.1, 0.15) is 23.6 Å². The van der Waals surface area contributed by atoms with E-state index in [1.54, 1.807) is 0 Å². The number of nitrogens with two attached hydrogens (primary N) is 1. The molecule has 1 aliphatic heterocycles. The van der Waals surface area contributed by atoms with Crippen LogP contribution in [0.5, 0.6) is 0 Å². The summed E-state index contributed by atoms with van der Waals surface area (Å²) in [4.78, 5) is 15.4. The first-order chi connectivity index (χ1) is 8.74. The molecule has 0 saturated carbocycles. The van der Waals surface area contributed by atoms with E-state index in [0.717, 1.165) is 4.57 Å². The summed E-state index contributed by atoms with van der Waals surface area (Å²) < 4.78 is 6.59. The van der Waals surface area contributed by atoms with Crippen molar-refractivity contribution in [1.29, 1.82) is 0 Å². The predicted molar refractivity (Wildman–Crippen MR) is 65.1 cm³/mol. The van der Waals surface area contributed by atoms with Gasteiger partial charge in [0.2, 0.25) is 0 Å². The van der Waals surface area contributed by atoms with Crippen molar-refractivity contribution >= 4 is 5.82 Å². The maximum atomic E-state index is 11.8. The van der Waals surface area contributed by atoms with Gasteiger partial charge < -0.3 is 25.8 Å². The molecular formula is C11H17N3O5. The third kappa shape index (κ3) is 1.93. The predicted octanol–water partition coefficient (Wildman–Crippen LogP) is -2.00. The van der Waals surface area contributed by atoms with Crippen molar-refractivity contribution in [2.75, 3.05) is 12.3 Å². The number of rotatable bonds is 2. The fourth-order valence-electron chi connectivity index (χ4n) is 2.29. The molecule has 1 aromatic rings. The molecule has 4 atom stereocenters. The lowest BCUT2D eigenvalue weighted by molar-refractivity contribution is -0.174.